The summed E-state index contributed by atoms with van der Waals surface area (Å²) in [5.41, 5.74) is 0.834. The quantitative estimate of drug-likeness (QED) is 0.423. The Morgan fingerprint density at radius 1 is 1.10 bits per heavy atom. The Hall–Kier alpha value is -2.65. The van der Waals surface area contributed by atoms with E-state index >= 15 is 0 Å². The first kappa shape index (κ1) is 30.3. The molecule has 218 valence electrons. The molecule has 4 rings (SSSR count). The lowest BCUT2D eigenvalue weighted by atomic mass is 10.2. The van der Waals surface area contributed by atoms with Crippen LogP contribution in [0.25, 0.3) is 0 Å². The number of carbonyl (C=O) groups is 3. The standard InChI is InChI=1S/C25H30ClF2N5O5S2/c1-16-18(33-9-3-6-23(33)34)4-2-5-20(16)40(37,38)30-17(14-29-24(35)19-7-8-21(26)39-19)25(36)32-12-10-31(11-13-32)15-22(27)28/h2,4-5,7-8,17,22,30H,3,6,9-15H2,1H3,(H,29,35)/t17-/m0/s1. The number of benzene rings is 1. The zero-order chi connectivity index (χ0) is 29.0. The summed E-state index contributed by atoms with van der Waals surface area (Å²) in [7, 11) is -4.29. The third-order valence-corrected chi connectivity index (χ3v) is 9.69. The number of anilines is 1. The van der Waals surface area contributed by atoms with Gasteiger partial charge in [-0.05, 0) is 43.2 Å². The van der Waals surface area contributed by atoms with Gasteiger partial charge in [-0.2, -0.15) is 4.72 Å². The molecule has 1 aromatic heterocycles. The fourth-order valence-electron chi connectivity index (χ4n) is 4.80. The van der Waals surface area contributed by atoms with Crippen molar-refractivity contribution in [3.05, 3.63) is 45.1 Å². The van der Waals surface area contributed by atoms with Gasteiger partial charge in [0, 0.05) is 51.4 Å². The monoisotopic (exact) mass is 617 g/mol. The Labute approximate surface area is 240 Å². The van der Waals surface area contributed by atoms with E-state index in [0.717, 1.165) is 11.3 Å². The summed E-state index contributed by atoms with van der Waals surface area (Å²) in [6.07, 6.45) is -1.45. The van der Waals surface area contributed by atoms with Crippen LogP contribution in [0.4, 0.5) is 14.5 Å². The molecule has 40 heavy (non-hydrogen) atoms. The molecule has 3 heterocycles. The van der Waals surface area contributed by atoms with Crippen LogP contribution in [0.1, 0.15) is 28.1 Å². The highest BCUT2D eigenvalue weighted by Crippen LogP contribution is 2.29. The molecule has 0 radical (unpaired) electrons. The van der Waals surface area contributed by atoms with Gasteiger partial charge in [-0.3, -0.25) is 19.3 Å². The second-order valence-corrected chi connectivity index (χ2v) is 13.0. The van der Waals surface area contributed by atoms with Crippen LogP contribution in [0.5, 0.6) is 0 Å². The summed E-state index contributed by atoms with van der Waals surface area (Å²) in [6, 6.07) is 6.28. The zero-order valence-corrected chi connectivity index (χ0v) is 24.1. The van der Waals surface area contributed by atoms with Crippen molar-refractivity contribution < 1.29 is 31.6 Å². The molecule has 0 bridgehead atoms. The van der Waals surface area contributed by atoms with E-state index < -0.39 is 40.8 Å². The van der Waals surface area contributed by atoms with Crippen molar-refractivity contribution in [1.82, 2.24) is 19.8 Å². The smallest absolute Gasteiger partial charge is 0.261 e. The van der Waals surface area contributed by atoms with Gasteiger partial charge in [0.05, 0.1) is 20.7 Å². The second kappa shape index (κ2) is 12.9. The minimum atomic E-state index is -4.29. The van der Waals surface area contributed by atoms with Gasteiger partial charge in [0.2, 0.25) is 21.8 Å². The largest absolute Gasteiger partial charge is 0.349 e. The second-order valence-electron chi connectivity index (χ2n) is 9.55. The number of piperazine rings is 1. The Bertz CT molecular complexity index is 1370. The minimum absolute atomic E-state index is 0.0963. The van der Waals surface area contributed by atoms with Gasteiger partial charge >= 0.3 is 0 Å². The molecule has 2 aliphatic heterocycles. The van der Waals surface area contributed by atoms with E-state index in [2.05, 4.69) is 10.0 Å². The SMILES string of the molecule is Cc1c(N2CCCC2=O)cccc1S(=O)(=O)N[C@@H](CNC(=O)c1ccc(Cl)s1)C(=O)N1CCN(CC(F)F)CC1. The van der Waals surface area contributed by atoms with Crippen molar-refractivity contribution in [1.29, 1.82) is 0 Å². The lowest BCUT2D eigenvalue weighted by molar-refractivity contribution is -0.134. The van der Waals surface area contributed by atoms with Crippen LogP contribution in [0.3, 0.4) is 0 Å². The van der Waals surface area contributed by atoms with E-state index in [4.69, 9.17) is 11.6 Å². The Morgan fingerprint density at radius 3 is 2.42 bits per heavy atom. The Kier molecular flexibility index (Phi) is 9.77. The van der Waals surface area contributed by atoms with Gasteiger partial charge in [-0.1, -0.05) is 17.7 Å². The Balaban J connectivity index is 1.55. The number of carbonyl (C=O) groups excluding carboxylic acids is 3. The number of nitrogens with one attached hydrogen (secondary N) is 2. The van der Waals surface area contributed by atoms with Crippen LogP contribution >= 0.6 is 22.9 Å². The van der Waals surface area contributed by atoms with Crippen LogP contribution in [0.2, 0.25) is 4.34 Å². The number of sulfonamides is 1. The molecule has 2 aliphatic rings. The molecule has 0 aliphatic carbocycles. The van der Waals surface area contributed by atoms with Crippen LogP contribution in [-0.2, 0) is 19.6 Å². The predicted octanol–water partition coefficient (Wildman–Crippen LogP) is 2.32. The van der Waals surface area contributed by atoms with Crippen molar-refractivity contribution in [3.63, 3.8) is 0 Å². The zero-order valence-electron chi connectivity index (χ0n) is 21.7. The molecule has 1 atom stereocenters. The molecule has 0 spiro atoms. The van der Waals surface area contributed by atoms with Gasteiger partial charge in [-0.15, -0.1) is 11.3 Å². The number of hydrogen-bond acceptors (Lipinski definition) is 7. The van der Waals surface area contributed by atoms with Crippen molar-refractivity contribution in [2.75, 3.05) is 50.7 Å². The summed E-state index contributed by atoms with van der Waals surface area (Å²) in [6.45, 7) is 1.99. The molecule has 2 aromatic rings. The normalized spacial score (nSPS) is 17.5. The summed E-state index contributed by atoms with van der Waals surface area (Å²) >= 11 is 6.95. The molecule has 10 nitrogen and oxygen atoms in total. The third kappa shape index (κ3) is 7.16. The molecule has 1 aromatic carbocycles. The average Bonchev–Trinajstić information content (AvgIpc) is 3.54. The van der Waals surface area contributed by atoms with E-state index in [0.29, 0.717) is 39.9 Å². The fourth-order valence-corrected chi connectivity index (χ4v) is 7.21. The third-order valence-electron chi connectivity index (χ3n) is 6.85. The van der Waals surface area contributed by atoms with Crippen LogP contribution < -0.4 is 14.9 Å². The lowest BCUT2D eigenvalue weighted by Crippen LogP contribution is -2.58. The predicted molar refractivity (Wildman–Crippen MR) is 148 cm³/mol. The van der Waals surface area contributed by atoms with Gasteiger partial charge in [0.1, 0.15) is 6.04 Å². The van der Waals surface area contributed by atoms with Gasteiger partial charge in [0.25, 0.3) is 12.3 Å². The van der Waals surface area contributed by atoms with Gasteiger partial charge in [0.15, 0.2) is 0 Å². The number of hydrogen-bond donors (Lipinski definition) is 2. The van der Waals surface area contributed by atoms with Gasteiger partial charge < -0.3 is 15.1 Å². The summed E-state index contributed by atoms with van der Waals surface area (Å²) in [5, 5.41) is 2.59. The minimum Gasteiger partial charge on any atom is -0.349 e. The van der Waals surface area contributed by atoms with E-state index in [1.54, 1.807) is 24.0 Å². The van der Waals surface area contributed by atoms with Crippen molar-refractivity contribution in [3.8, 4) is 0 Å². The van der Waals surface area contributed by atoms with E-state index in [-0.39, 0.29) is 43.5 Å². The first-order valence-corrected chi connectivity index (χ1v) is 15.4. The van der Waals surface area contributed by atoms with E-state index in [1.807, 2.05) is 0 Å². The van der Waals surface area contributed by atoms with Crippen LogP contribution in [0, 0.1) is 6.92 Å². The molecule has 3 amide bonds. The van der Waals surface area contributed by atoms with E-state index in [1.165, 1.54) is 28.0 Å². The van der Waals surface area contributed by atoms with Crippen molar-refractivity contribution in [2.24, 2.45) is 0 Å². The maximum atomic E-state index is 13.6. The van der Waals surface area contributed by atoms with Crippen LogP contribution in [0.15, 0.2) is 35.2 Å². The first-order chi connectivity index (χ1) is 19.0. The molecule has 0 saturated carbocycles. The van der Waals surface area contributed by atoms with Crippen molar-refractivity contribution >= 4 is 56.4 Å². The molecule has 0 unspecified atom stereocenters. The maximum absolute atomic E-state index is 13.6. The fraction of sp³-hybridized carbons (Fsp3) is 0.480. The number of rotatable bonds is 10. The molecular formula is C25H30ClF2N5O5S2. The highest BCUT2D eigenvalue weighted by Gasteiger charge is 2.34. The number of thiophene rings is 1. The number of halogens is 3. The highest BCUT2D eigenvalue weighted by atomic mass is 35.5. The Morgan fingerprint density at radius 2 is 1.82 bits per heavy atom. The topological polar surface area (TPSA) is 119 Å². The lowest BCUT2D eigenvalue weighted by Gasteiger charge is -2.36. The number of amides is 3. The first-order valence-electron chi connectivity index (χ1n) is 12.7. The van der Waals surface area contributed by atoms with Crippen LogP contribution in [-0.4, -0.2) is 94.2 Å². The molecule has 2 fully saturated rings. The summed E-state index contributed by atoms with van der Waals surface area (Å²) in [4.78, 5) is 43.1. The summed E-state index contributed by atoms with van der Waals surface area (Å²) < 4.78 is 55.6. The molecule has 15 heteroatoms. The summed E-state index contributed by atoms with van der Waals surface area (Å²) in [5.74, 6) is -1.21. The molecule has 2 saturated heterocycles. The average molecular weight is 618 g/mol. The maximum Gasteiger partial charge on any atom is 0.261 e. The van der Waals surface area contributed by atoms with Crippen molar-refractivity contribution in [2.45, 2.75) is 37.1 Å². The van der Waals surface area contributed by atoms with Gasteiger partial charge in [-0.25, -0.2) is 17.2 Å². The highest BCUT2D eigenvalue weighted by molar-refractivity contribution is 7.89. The molecular weight excluding hydrogens is 588 g/mol. The molecule has 2 N–H and O–H groups in total. The number of alkyl halides is 2. The van der Waals surface area contributed by atoms with E-state index in [9.17, 15) is 31.6 Å². The number of nitrogens with zero attached hydrogens (tertiary/aromatic N) is 3.